The number of allylic oxidation sites excluding steroid dienone is 1. The van der Waals surface area contributed by atoms with Gasteiger partial charge >= 0.3 is 5.97 Å². The smallest absolute Gasteiger partial charge is 0.330 e. The molecular weight excluding hydrogens is 228 g/mol. The highest BCUT2D eigenvalue weighted by atomic mass is 16.4. The summed E-state index contributed by atoms with van der Waals surface area (Å²) in [5.74, 6) is -0.808. The van der Waals surface area contributed by atoms with E-state index in [9.17, 15) is 4.79 Å². The van der Waals surface area contributed by atoms with Crippen LogP contribution < -0.4 is 0 Å². The van der Waals surface area contributed by atoms with Crippen LogP contribution >= 0.6 is 0 Å². The average Bonchev–Trinajstić information content (AvgIpc) is 2.35. The summed E-state index contributed by atoms with van der Waals surface area (Å²) in [6.07, 6.45) is 13.4. The molecule has 0 aliphatic heterocycles. The Morgan fingerprint density at radius 1 is 0.889 bits per heavy atom. The van der Waals surface area contributed by atoms with Crippen LogP contribution in [0.3, 0.4) is 0 Å². The first-order chi connectivity index (χ1) is 8.68. The van der Waals surface area contributed by atoms with Gasteiger partial charge in [-0.2, -0.15) is 0 Å². The van der Waals surface area contributed by atoms with Crippen LogP contribution in [-0.4, -0.2) is 22.8 Å². The number of aliphatic carboxylic acids is 1. The van der Waals surface area contributed by atoms with Gasteiger partial charge in [0.25, 0.3) is 0 Å². The molecular formula is C15H28O3. The maximum Gasteiger partial charge on any atom is 0.330 e. The normalized spacial score (nSPS) is 11.8. The minimum atomic E-state index is -0.808. The fourth-order valence-corrected chi connectivity index (χ4v) is 1.90. The molecule has 0 aliphatic carbocycles. The number of unbranched alkanes of at least 4 members (excludes halogenated alkanes) is 9. The van der Waals surface area contributed by atoms with E-state index in [0.717, 1.165) is 25.7 Å². The predicted octanol–water partition coefficient (Wildman–Crippen LogP) is 3.91. The van der Waals surface area contributed by atoms with Crippen molar-refractivity contribution in [3.8, 4) is 0 Å². The van der Waals surface area contributed by atoms with Gasteiger partial charge in [0.2, 0.25) is 0 Å². The summed E-state index contributed by atoms with van der Waals surface area (Å²) >= 11 is 0. The topological polar surface area (TPSA) is 57.5 Å². The van der Waals surface area contributed by atoms with E-state index < -0.39 is 5.97 Å². The van der Waals surface area contributed by atoms with E-state index in [2.05, 4.69) is 0 Å². The Morgan fingerprint density at radius 2 is 1.33 bits per heavy atom. The third-order valence-corrected chi connectivity index (χ3v) is 3.15. The summed E-state index contributed by atoms with van der Waals surface area (Å²) in [5, 5.41) is 17.3. The third kappa shape index (κ3) is 11.6. The van der Waals surface area contributed by atoms with E-state index in [1.54, 1.807) is 6.92 Å². The Labute approximate surface area is 111 Å². The molecule has 0 atom stereocenters. The maximum absolute atomic E-state index is 10.5. The molecule has 0 heterocycles. The Kier molecular flexibility index (Phi) is 12.0. The van der Waals surface area contributed by atoms with Crippen LogP contribution in [0.5, 0.6) is 0 Å². The van der Waals surface area contributed by atoms with Gasteiger partial charge < -0.3 is 10.2 Å². The quantitative estimate of drug-likeness (QED) is 0.411. The van der Waals surface area contributed by atoms with Crippen LogP contribution in [0.15, 0.2) is 11.6 Å². The largest absolute Gasteiger partial charge is 0.478 e. The van der Waals surface area contributed by atoms with Crippen molar-refractivity contribution in [1.29, 1.82) is 0 Å². The minimum absolute atomic E-state index is 0.323. The van der Waals surface area contributed by atoms with Crippen LogP contribution in [0, 0.1) is 0 Å². The molecule has 0 rings (SSSR count). The van der Waals surface area contributed by atoms with Gasteiger partial charge in [0.05, 0.1) is 0 Å². The van der Waals surface area contributed by atoms with E-state index in [0.29, 0.717) is 12.2 Å². The zero-order valence-corrected chi connectivity index (χ0v) is 11.7. The highest BCUT2D eigenvalue weighted by Gasteiger charge is 1.97. The molecule has 106 valence electrons. The number of carboxylic acids is 1. The number of carbonyl (C=O) groups is 1. The van der Waals surface area contributed by atoms with E-state index in [1.165, 1.54) is 38.5 Å². The first kappa shape index (κ1) is 17.2. The summed E-state index contributed by atoms with van der Waals surface area (Å²) in [6.45, 7) is 1.97. The molecule has 0 bridgehead atoms. The molecule has 0 aromatic carbocycles. The lowest BCUT2D eigenvalue weighted by molar-refractivity contribution is -0.132. The fourth-order valence-electron chi connectivity index (χ4n) is 1.90. The lowest BCUT2D eigenvalue weighted by atomic mass is 10.1. The third-order valence-electron chi connectivity index (χ3n) is 3.15. The first-order valence-electron chi connectivity index (χ1n) is 7.19. The molecule has 0 spiro atoms. The van der Waals surface area contributed by atoms with Crippen molar-refractivity contribution >= 4 is 5.97 Å². The number of carboxylic acid groups (broad SMARTS) is 1. The molecule has 0 fully saturated rings. The SMILES string of the molecule is C/C(=C\CCCCCCCCCCCO)C(=O)O. The molecule has 0 amide bonds. The molecule has 0 radical (unpaired) electrons. The summed E-state index contributed by atoms with van der Waals surface area (Å²) in [4.78, 5) is 10.5. The predicted molar refractivity (Wildman–Crippen MR) is 74.6 cm³/mol. The maximum atomic E-state index is 10.5. The van der Waals surface area contributed by atoms with Crippen LogP contribution in [0.4, 0.5) is 0 Å². The summed E-state index contributed by atoms with van der Waals surface area (Å²) in [6, 6.07) is 0. The van der Waals surface area contributed by atoms with Crippen molar-refractivity contribution in [2.24, 2.45) is 0 Å². The molecule has 3 nitrogen and oxygen atoms in total. The monoisotopic (exact) mass is 256 g/mol. The second kappa shape index (κ2) is 12.6. The van der Waals surface area contributed by atoms with E-state index in [-0.39, 0.29) is 0 Å². The van der Waals surface area contributed by atoms with Crippen LogP contribution in [0.2, 0.25) is 0 Å². The van der Waals surface area contributed by atoms with E-state index in [4.69, 9.17) is 10.2 Å². The van der Waals surface area contributed by atoms with Crippen molar-refractivity contribution in [1.82, 2.24) is 0 Å². The van der Waals surface area contributed by atoms with Crippen molar-refractivity contribution < 1.29 is 15.0 Å². The molecule has 0 saturated carbocycles. The summed E-state index contributed by atoms with van der Waals surface area (Å²) in [5.41, 5.74) is 0.457. The van der Waals surface area contributed by atoms with Gasteiger partial charge in [-0.3, -0.25) is 0 Å². The van der Waals surface area contributed by atoms with Crippen molar-refractivity contribution in [2.45, 2.75) is 71.1 Å². The fraction of sp³-hybridized carbons (Fsp3) is 0.800. The van der Waals surface area contributed by atoms with E-state index >= 15 is 0 Å². The van der Waals surface area contributed by atoms with Gasteiger partial charge in [-0.15, -0.1) is 0 Å². The molecule has 2 N–H and O–H groups in total. The molecule has 0 aromatic rings. The van der Waals surface area contributed by atoms with Gasteiger partial charge in [0.1, 0.15) is 0 Å². The number of aliphatic hydroxyl groups excluding tert-OH is 1. The molecule has 18 heavy (non-hydrogen) atoms. The summed E-state index contributed by atoms with van der Waals surface area (Å²) < 4.78 is 0. The van der Waals surface area contributed by atoms with Gasteiger partial charge in [-0.05, 0) is 26.2 Å². The van der Waals surface area contributed by atoms with Crippen molar-refractivity contribution in [2.75, 3.05) is 6.61 Å². The molecule has 0 aromatic heterocycles. The van der Waals surface area contributed by atoms with Crippen molar-refractivity contribution in [3.63, 3.8) is 0 Å². The number of rotatable bonds is 12. The van der Waals surface area contributed by atoms with Gasteiger partial charge in [-0.1, -0.05) is 51.0 Å². The van der Waals surface area contributed by atoms with Gasteiger partial charge in [0, 0.05) is 12.2 Å². The molecule has 0 aliphatic rings. The van der Waals surface area contributed by atoms with Crippen LogP contribution in [0.1, 0.15) is 71.1 Å². The Balaban J connectivity index is 3.17. The molecule has 3 heteroatoms. The minimum Gasteiger partial charge on any atom is -0.478 e. The Bertz CT molecular complexity index is 234. The highest BCUT2D eigenvalue weighted by Crippen LogP contribution is 2.11. The van der Waals surface area contributed by atoms with Gasteiger partial charge in [-0.25, -0.2) is 4.79 Å². The van der Waals surface area contributed by atoms with Crippen LogP contribution in [-0.2, 0) is 4.79 Å². The van der Waals surface area contributed by atoms with E-state index in [1.807, 2.05) is 6.08 Å². The average molecular weight is 256 g/mol. The lowest BCUT2D eigenvalue weighted by Gasteiger charge is -2.01. The number of hydrogen-bond donors (Lipinski definition) is 2. The zero-order valence-electron chi connectivity index (χ0n) is 11.7. The second-order valence-corrected chi connectivity index (χ2v) is 4.89. The lowest BCUT2D eigenvalue weighted by Crippen LogP contribution is -1.95. The Hall–Kier alpha value is -0.830. The zero-order chi connectivity index (χ0) is 13.6. The van der Waals surface area contributed by atoms with Crippen molar-refractivity contribution in [3.05, 3.63) is 11.6 Å². The Morgan fingerprint density at radius 3 is 1.78 bits per heavy atom. The highest BCUT2D eigenvalue weighted by molar-refractivity contribution is 5.85. The van der Waals surface area contributed by atoms with Gasteiger partial charge in [0.15, 0.2) is 0 Å². The van der Waals surface area contributed by atoms with Crippen LogP contribution in [0.25, 0.3) is 0 Å². The summed E-state index contributed by atoms with van der Waals surface area (Å²) in [7, 11) is 0. The standard InChI is InChI=1S/C15H28O3/c1-14(15(17)18)12-10-8-6-4-2-3-5-7-9-11-13-16/h12,16H,2-11,13H2,1H3,(H,17,18)/b14-12+. The second-order valence-electron chi connectivity index (χ2n) is 4.89. The first-order valence-corrected chi connectivity index (χ1v) is 7.19. The number of aliphatic hydroxyl groups is 1. The molecule has 0 saturated heterocycles. The number of hydrogen-bond acceptors (Lipinski definition) is 2. The molecule has 0 unspecified atom stereocenters.